The first kappa shape index (κ1) is 14.9. The van der Waals surface area contributed by atoms with Gasteiger partial charge in [-0.15, -0.1) is 0 Å². The molecule has 2 nitrogen and oxygen atoms in total. The van der Waals surface area contributed by atoms with Gasteiger partial charge >= 0.3 is 0 Å². The fraction of sp³-hybridized carbons (Fsp3) is 1.00. The van der Waals surface area contributed by atoms with Crippen LogP contribution in [0.1, 0.15) is 53.9 Å². The minimum Gasteiger partial charge on any atom is -0.382 e. The third-order valence-electron chi connectivity index (χ3n) is 2.42. The van der Waals surface area contributed by atoms with E-state index >= 15 is 0 Å². The van der Waals surface area contributed by atoms with E-state index in [4.69, 9.17) is 4.74 Å². The Labute approximate surface area is 95.8 Å². The molecule has 0 fully saturated rings. The fourth-order valence-electron chi connectivity index (χ4n) is 1.42. The zero-order chi connectivity index (χ0) is 11.7. The molecule has 1 atom stereocenters. The number of nitrogens with one attached hydrogen (secondary N) is 1. The molecule has 0 saturated heterocycles. The lowest BCUT2D eigenvalue weighted by Crippen LogP contribution is -2.38. The molecule has 0 saturated carbocycles. The standard InChI is InChI=1S/C13H29NO/c1-6-15-10-8-7-9-12(2)11-14-13(3,4)5/h12,14H,6-11H2,1-5H3. The first-order valence-electron chi connectivity index (χ1n) is 6.28. The zero-order valence-electron chi connectivity index (χ0n) is 11.2. The average Bonchev–Trinajstić information content (AvgIpc) is 2.13. The second kappa shape index (κ2) is 8.12. The van der Waals surface area contributed by atoms with Crippen molar-refractivity contribution in [2.24, 2.45) is 5.92 Å². The molecule has 1 N–H and O–H groups in total. The van der Waals surface area contributed by atoms with Crippen molar-refractivity contribution in [3.05, 3.63) is 0 Å². The molecule has 2 heteroatoms. The summed E-state index contributed by atoms with van der Waals surface area (Å²) in [5.74, 6) is 0.769. The van der Waals surface area contributed by atoms with Gasteiger partial charge in [-0.2, -0.15) is 0 Å². The number of rotatable bonds is 8. The highest BCUT2D eigenvalue weighted by molar-refractivity contribution is 4.71. The van der Waals surface area contributed by atoms with Crippen LogP contribution in [0.3, 0.4) is 0 Å². The van der Waals surface area contributed by atoms with E-state index in [0.29, 0.717) is 0 Å². The lowest BCUT2D eigenvalue weighted by Gasteiger charge is -2.23. The molecule has 15 heavy (non-hydrogen) atoms. The van der Waals surface area contributed by atoms with Crippen LogP contribution in [0, 0.1) is 5.92 Å². The van der Waals surface area contributed by atoms with Gasteiger partial charge in [0.15, 0.2) is 0 Å². The molecule has 0 aliphatic rings. The topological polar surface area (TPSA) is 21.3 Å². The van der Waals surface area contributed by atoms with Gasteiger partial charge in [0.05, 0.1) is 0 Å². The summed E-state index contributed by atoms with van der Waals surface area (Å²) in [6.07, 6.45) is 3.79. The van der Waals surface area contributed by atoms with Crippen molar-refractivity contribution in [2.45, 2.75) is 59.4 Å². The van der Waals surface area contributed by atoms with Crippen LogP contribution in [-0.4, -0.2) is 25.3 Å². The van der Waals surface area contributed by atoms with Crippen LogP contribution >= 0.6 is 0 Å². The largest absolute Gasteiger partial charge is 0.382 e. The van der Waals surface area contributed by atoms with Crippen LogP contribution < -0.4 is 5.32 Å². The second-order valence-electron chi connectivity index (χ2n) is 5.43. The average molecular weight is 215 g/mol. The van der Waals surface area contributed by atoms with Crippen molar-refractivity contribution in [3.8, 4) is 0 Å². The summed E-state index contributed by atoms with van der Waals surface area (Å²) >= 11 is 0. The number of ether oxygens (including phenoxy) is 1. The van der Waals surface area contributed by atoms with E-state index in [9.17, 15) is 0 Å². The van der Waals surface area contributed by atoms with Gasteiger partial charge in [0.2, 0.25) is 0 Å². The lowest BCUT2D eigenvalue weighted by molar-refractivity contribution is 0.142. The third kappa shape index (κ3) is 11.8. The quantitative estimate of drug-likeness (QED) is 0.628. The summed E-state index contributed by atoms with van der Waals surface area (Å²) in [5, 5.41) is 3.54. The third-order valence-corrected chi connectivity index (χ3v) is 2.42. The molecule has 0 heterocycles. The van der Waals surface area contributed by atoms with Crippen LogP contribution in [0.5, 0.6) is 0 Å². The summed E-state index contributed by atoms with van der Waals surface area (Å²) in [6.45, 7) is 13.9. The highest BCUT2D eigenvalue weighted by Gasteiger charge is 2.10. The molecular formula is C13H29NO. The van der Waals surface area contributed by atoms with Gasteiger partial charge in [0.25, 0.3) is 0 Å². The van der Waals surface area contributed by atoms with Gasteiger partial charge < -0.3 is 10.1 Å². The maximum atomic E-state index is 5.31. The fourth-order valence-corrected chi connectivity index (χ4v) is 1.42. The Bertz CT molecular complexity index is 140. The van der Waals surface area contributed by atoms with E-state index < -0.39 is 0 Å². The predicted molar refractivity (Wildman–Crippen MR) is 67.3 cm³/mol. The molecule has 92 valence electrons. The van der Waals surface area contributed by atoms with E-state index in [1.165, 1.54) is 19.3 Å². The molecule has 0 aromatic rings. The maximum Gasteiger partial charge on any atom is 0.0465 e. The van der Waals surface area contributed by atoms with Crippen molar-refractivity contribution in [2.75, 3.05) is 19.8 Å². The Morgan fingerprint density at radius 1 is 1.20 bits per heavy atom. The molecule has 0 aliphatic heterocycles. The summed E-state index contributed by atoms with van der Waals surface area (Å²) < 4.78 is 5.31. The van der Waals surface area contributed by atoms with Crippen molar-refractivity contribution < 1.29 is 4.74 Å². The van der Waals surface area contributed by atoms with Crippen molar-refractivity contribution >= 4 is 0 Å². The highest BCUT2D eigenvalue weighted by atomic mass is 16.5. The number of hydrogen-bond donors (Lipinski definition) is 1. The number of unbranched alkanes of at least 4 members (excludes halogenated alkanes) is 1. The van der Waals surface area contributed by atoms with E-state index in [-0.39, 0.29) is 5.54 Å². The van der Waals surface area contributed by atoms with E-state index in [1.54, 1.807) is 0 Å². The van der Waals surface area contributed by atoms with Crippen LogP contribution in [-0.2, 0) is 4.74 Å². The molecule has 0 aromatic carbocycles. The first-order valence-corrected chi connectivity index (χ1v) is 6.28. The first-order chi connectivity index (χ1) is 6.95. The maximum absolute atomic E-state index is 5.31. The predicted octanol–water partition coefficient (Wildman–Crippen LogP) is 3.22. The monoisotopic (exact) mass is 215 g/mol. The molecule has 1 unspecified atom stereocenters. The lowest BCUT2D eigenvalue weighted by atomic mass is 10.0. The van der Waals surface area contributed by atoms with Crippen LogP contribution in [0.2, 0.25) is 0 Å². The molecular weight excluding hydrogens is 186 g/mol. The molecule has 0 aromatic heterocycles. The minimum absolute atomic E-state index is 0.250. The Kier molecular flexibility index (Phi) is 8.07. The van der Waals surface area contributed by atoms with Crippen LogP contribution in [0.4, 0.5) is 0 Å². The normalized spacial score (nSPS) is 14.2. The van der Waals surface area contributed by atoms with Gasteiger partial charge in [0.1, 0.15) is 0 Å². The van der Waals surface area contributed by atoms with Gasteiger partial charge in [-0.05, 0) is 53.0 Å². The van der Waals surface area contributed by atoms with Crippen molar-refractivity contribution in [1.29, 1.82) is 0 Å². The minimum atomic E-state index is 0.250. The summed E-state index contributed by atoms with van der Waals surface area (Å²) in [5.41, 5.74) is 0.250. The molecule has 0 amide bonds. The smallest absolute Gasteiger partial charge is 0.0465 e. The van der Waals surface area contributed by atoms with E-state index in [2.05, 4.69) is 39.9 Å². The Morgan fingerprint density at radius 2 is 1.87 bits per heavy atom. The Morgan fingerprint density at radius 3 is 2.40 bits per heavy atom. The molecule has 0 radical (unpaired) electrons. The molecule has 0 rings (SSSR count). The van der Waals surface area contributed by atoms with E-state index in [1.807, 2.05) is 0 Å². The Hall–Kier alpha value is -0.0800. The highest BCUT2D eigenvalue weighted by Crippen LogP contribution is 2.08. The Balaban J connectivity index is 3.30. The van der Waals surface area contributed by atoms with Crippen LogP contribution in [0.15, 0.2) is 0 Å². The second-order valence-corrected chi connectivity index (χ2v) is 5.43. The zero-order valence-corrected chi connectivity index (χ0v) is 11.2. The van der Waals surface area contributed by atoms with Crippen molar-refractivity contribution in [1.82, 2.24) is 5.32 Å². The summed E-state index contributed by atoms with van der Waals surface area (Å²) in [6, 6.07) is 0. The molecule has 0 spiro atoms. The summed E-state index contributed by atoms with van der Waals surface area (Å²) in [4.78, 5) is 0. The molecule has 0 bridgehead atoms. The SMILES string of the molecule is CCOCCCCC(C)CNC(C)(C)C. The van der Waals surface area contributed by atoms with Gasteiger partial charge in [-0.3, -0.25) is 0 Å². The van der Waals surface area contributed by atoms with Crippen molar-refractivity contribution in [3.63, 3.8) is 0 Å². The van der Waals surface area contributed by atoms with Gasteiger partial charge in [-0.25, -0.2) is 0 Å². The molecule has 0 aliphatic carbocycles. The van der Waals surface area contributed by atoms with E-state index in [0.717, 1.165) is 25.7 Å². The van der Waals surface area contributed by atoms with Crippen LogP contribution in [0.25, 0.3) is 0 Å². The summed E-state index contributed by atoms with van der Waals surface area (Å²) in [7, 11) is 0. The number of hydrogen-bond acceptors (Lipinski definition) is 2. The van der Waals surface area contributed by atoms with Gasteiger partial charge in [0, 0.05) is 18.8 Å². The van der Waals surface area contributed by atoms with Gasteiger partial charge in [-0.1, -0.05) is 13.3 Å².